The first-order valence-corrected chi connectivity index (χ1v) is 23.3. The minimum absolute atomic E-state index is 0.289. The minimum atomic E-state index is -0.478. The van der Waals surface area contributed by atoms with Crippen LogP contribution in [-0.2, 0) is 16.2 Å². The average Bonchev–Trinajstić information content (AvgIpc) is 3.94. The molecule has 2 unspecified atom stereocenters. The summed E-state index contributed by atoms with van der Waals surface area (Å²) in [6.07, 6.45) is 0. The molecule has 0 saturated carbocycles. The van der Waals surface area contributed by atoms with Gasteiger partial charge in [-0.3, -0.25) is 0 Å². The van der Waals surface area contributed by atoms with Crippen LogP contribution in [0.4, 0.5) is 17.1 Å². The van der Waals surface area contributed by atoms with Crippen molar-refractivity contribution in [2.75, 3.05) is 4.90 Å². The summed E-state index contributed by atoms with van der Waals surface area (Å²) in [5, 5.41) is 0. The van der Waals surface area contributed by atoms with Crippen LogP contribution in [0.5, 0.6) is 0 Å². The molecule has 13 rings (SSSR count). The summed E-state index contributed by atoms with van der Waals surface area (Å²) in [4.78, 5) is 2.52. The summed E-state index contributed by atoms with van der Waals surface area (Å²) in [5.41, 5.74) is 23.0. The van der Waals surface area contributed by atoms with E-state index in [1.165, 1.54) is 89.0 Å². The predicted octanol–water partition coefficient (Wildman–Crippen LogP) is 16.2. The van der Waals surface area contributed by atoms with E-state index < -0.39 is 5.41 Å². The number of benzene rings is 10. The molecule has 0 fully saturated rings. The topological polar surface area (TPSA) is 3.24 Å². The molecule has 10 aromatic carbocycles. The van der Waals surface area contributed by atoms with Crippen LogP contribution in [0.2, 0.25) is 0 Å². The van der Waals surface area contributed by atoms with E-state index in [2.05, 4.69) is 267 Å². The molecule has 3 aliphatic rings. The van der Waals surface area contributed by atoms with Gasteiger partial charge in [0.1, 0.15) is 0 Å². The molecule has 0 spiro atoms. The summed E-state index contributed by atoms with van der Waals surface area (Å²) < 4.78 is 0. The monoisotopic (exact) mass is 841 g/mol. The number of hydrogen-bond acceptors (Lipinski definition) is 1. The van der Waals surface area contributed by atoms with Crippen LogP contribution in [0.25, 0.3) is 33.4 Å². The highest BCUT2D eigenvalue weighted by Crippen LogP contribution is 2.59. The third-order valence-electron chi connectivity index (χ3n) is 15.5. The number of hydrogen-bond donors (Lipinski definition) is 0. The van der Waals surface area contributed by atoms with Crippen LogP contribution in [0.1, 0.15) is 69.5 Å². The highest BCUT2D eigenvalue weighted by atomic mass is 15.1. The highest BCUT2D eigenvalue weighted by molar-refractivity contribution is 5.93. The molecule has 0 amide bonds. The van der Waals surface area contributed by atoms with Crippen LogP contribution in [-0.4, -0.2) is 0 Å². The first kappa shape index (κ1) is 38.5. The van der Waals surface area contributed by atoms with Crippen LogP contribution >= 0.6 is 0 Å². The number of rotatable bonds is 7. The van der Waals surface area contributed by atoms with Gasteiger partial charge in [-0.2, -0.15) is 0 Å². The van der Waals surface area contributed by atoms with Gasteiger partial charge in [-0.25, -0.2) is 0 Å². The molecule has 0 aromatic heterocycles. The molecule has 0 saturated heterocycles. The Morgan fingerprint density at radius 3 is 1.09 bits per heavy atom. The van der Waals surface area contributed by atoms with Crippen LogP contribution in [0.15, 0.2) is 249 Å². The number of anilines is 3. The number of fused-ring (bicyclic) bond motifs is 9. The second kappa shape index (κ2) is 14.5. The van der Waals surface area contributed by atoms with Crippen molar-refractivity contribution in [2.24, 2.45) is 0 Å². The third-order valence-corrected chi connectivity index (χ3v) is 15.5. The Morgan fingerprint density at radius 2 is 0.561 bits per heavy atom. The fraction of sp³-hybridized carbons (Fsp3) is 0.0769. The van der Waals surface area contributed by atoms with Crippen molar-refractivity contribution in [3.05, 3.63) is 304 Å². The summed E-state index contributed by atoms with van der Waals surface area (Å²) in [6, 6.07) is 93.1. The zero-order chi connectivity index (χ0) is 44.0. The normalized spacial score (nSPS) is 17.8. The molecular weight excluding hydrogens is 795 g/mol. The van der Waals surface area contributed by atoms with Crippen molar-refractivity contribution in [3.63, 3.8) is 0 Å². The van der Waals surface area contributed by atoms with Crippen molar-refractivity contribution in [2.45, 2.75) is 30.1 Å². The Bertz CT molecular complexity index is 3460. The summed E-state index contributed by atoms with van der Waals surface area (Å²) >= 11 is 0. The zero-order valence-electron chi connectivity index (χ0n) is 37.1. The van der Waals surface area contributed by atoms with Crippen molar-refractivity contribution >= 4 is 17.1 Å². The Balaban J connectivity index is 1.07. The molecule has 0 N–H and O–H groups in total. The Kier molecular flexibility index (Phi) is 8.45. The van der Waals surface area contributed by atoms with E-state index in [4.69, 9.17) is 0 Å². The zero-order valence-corrected chi connectivity index (χ0v) is 37.1. The van der Waals surface area contributed by atoms with E-state index in [-0.39, 0.29) is 10.8 Å². The highest BCUT2D eigenvalue weighted by Gasteiger charge is 2.47. The lowest BCUT2D eigenvalue weighted by molar-refractivity contribution is 0.713. The molecule has 0 heterocycles. The SMILES string of the molecule is CC1(c2ccccc2)c2ccccc2-c2cc(N(c3ccc4c(c3)-c3ccccc3C4(c3ccccc3)c3ccccc3)c3ccc4c(c3)C(C)(c3ccccc3)c3ccccc3-4)ccc21. The second-order valence-corrected chi connectivity index (χ2v) is 18.6. The van der Waals surface area contributed by atoms with Gasteiger partial charge < -0.3 is 4.90 Å². The van der Waals surface area contributed by atoms with Crippen molar-refractivity contribution in [1.29, 1.82) is 0 Å². The van der Waals surface area contributed by atoms with E-state index in [9.17, 15) is 0 Å². The van der Waals surface area contributed by atoms with Crippen LogP contribution in [0, 0.1) is 0 Å². The lowest BCUT2D eigenvalue weighted by Crippen LogP contribution is -2.28. The lowest BCUT2D eigenvalue weighted by Gasteiger charge is -2.34. The third kappa shape index (κ3) is 5.23. The van der Waals surface area contributed by atoms with Gasteiger partial charge >= 0.3 is 0 Å². The molecule has 312 valence electrons. The number of nitrogens with zero attached hydrogens (tertiary/aromatic N) is 1. The van der Waals surface area contributed by atoms with Gasteiger partial charge in [0, 0.05) is 27.9 Å². The molecular formula is C65H47N. The molecule has 1 heteroatoms. The maximum absolute atomic E-state index is 2.52. The summed E-state index contributed by atoms with van der Waals surface area (Å²) in [7, 11) is 0. The van der Waals surface area contributed by atoms with Gasteiger partial charge in [0.2, 0.25) is 0 Å². The first-order valence-electron chi connectivity index (χ1n) is 23.3. The quantitative estimate of drug-likeness (QED) is 0.155. The van der Waals surface area contributed by atoms with Crippen molar-refractivity contribution in [1.82, 2.24) is 0 Å². The van der Waals surface area contributed by atoms with Gasteiger partial charge in [-0.05, 0) is 139 Å². The summed E-state index contributed by atoms with van der Waals surface area (Å²) in [5.74, 6) is 0. The second-order valence-electron chi connectivity index (χ2n) is 18.6. The molecule has 0 radical (unpaired) electrons. The lowest BCUT2D eigenvalue weighted by atomic mass is 9.68. The van der Waals surface area contributed by atoms with Gasteiger partial charge in [0.25, 0.3) is 0 Å². The standard InChI is InChI=1S/C65H47N/c1-63(44-21-7-3-8-22-44)58-33-19-16-30-52(58)55-41-48(36-39-59(55)63)66(50-35-38-54-51-29-15-18-32-57(51)64(2,62(54)43-50)45-23-9-4-10-24-45)49-37-40-61-56(42-49)53-31-17-20-34-60(53)65(61,46-25-11-5-12-26-46)47-27-13-6-14-28-47/h3-43H,1-2H3. The van der Waals surface area contributed by atoms with Gasteiger partial charge in [-0.15, -0.1) is 0 Å². The van der Waals surface area contributed by atoms with Gasteiger partial charge in [-0.1, -0.05) is 212 Å². The van der Waals surface area contributed by atoms with Crippen LogP contribution < -0.4 is 4.90 Å². The average molecular weight is 842 g/mol. The van der Waals surface area contributed by atoms with E-state index in [0.717, 1.165) is 17.1 Å². The Labute approximate surface area is 388 Å². The van der Waals surface area contributed by atoms with Gasteiger partial charge in [0.15, 0.2) is 0 Å². The fourth-order valence-corrected chi connectivity index (χ4v) is 12.4. The molecule has 3 aliphatic carbocycles. The van der Waals surface area contributed by atoms with Crippen LogP contribution in [0.3, 0.4) is 0 Å². The minimum Gasteiger partial charge on any atom is -0.310 e. The fourth-order valence-electron chi connectivity index (χ4n) is 12.4. The molecule has 0 aliphatic heterocycles. The summed E-state index contributed by atoms with van der Waals surface area (Å²) in [6.45, 7) is 4.81. The predicted molar refractivity (Wildman–Crippen MR) is 273 cm³/mol. The maximum atomic E-state index is 2.52. The van der Waals surface area contributed by atoms with E-state index in [1.54, 1.807) is 0 Å². The molecule has 1 nitrogen and oxygen atoms in total. The maximum Gasteiger partial charge on any atom is 0.0713 e. The molecule has 10 aromatic rings. The molecule has 66 heavy (non-hydrogen) atoms. The van der Waals surface area contributed by atoms with E-state index >= 15 is 0 Å². The Hall–Kier alpha value is -8.00. The van der Waals surface area contributed by atoms with Crippen molar-refractivity contribution in [3.8, 4) is 33.4 Å². The Morgan fingerprint density at radius 1 is 0.242 bits per heavy atom. The smallest absolute Gasteiger partial charge is 0.0713 e. The molecule has 2 atom stereocenters. The first-order chi connectivity index (χ1) is 32.5. The van der Waals surface area contributed by atoms with Gasteiger partial charge in [0.05, 0.1) is 5.41 Å². The molecule has 0 bridgehead atoms. The largest absolute Gasteiger partial charge is 0.310 e. The van der Waals surface area contributed by atoms with Crippen molar-refractivity contribution < 1.29 is 0 Å². The van der Waals surface area contributed by atoms with E-state index in [0.29, 0.717) is 0 Å². The van der Waals surface area contributed by atoms with E-state index in [1.807, 2.05) is 0 Å².